The predicted octanol–water partition coefficient (Wildman–Crippen LogP) is 18.4. The molecule has 11 aromatic carbocycles. The van der Waals surface area contributed by atoms with Crippen molar-refractivity contribution in [2.24, 2.45) is 0 Å². The molecule has 0 atom stereocenters. The van der Waals surface area contributed by atoms with Gasteiger partial charge in [-0.05, 0) is 141 Å². The third kappa shape index (κ3) is 5.69. The van der Waals surface area contributed by atoms with Crippen molar-refractivity contribution >= 4 is 91.3 Å². The van der Waals surface area contributed by atoms with Crippen LogP contribution < -0.4 is 0 Å². The summed E-state index contributed by atoms with van der Waals surface area (Å²) in [6.07, 6.45) is 0. The fourth-order valence-corrected chi connectivity index (χ4v) is 13.1. The summed E-state index contributed by atoms with van der Waals surface area (Å²) in [5.41, 5.74) is 18.3. The normalized spacial score (nSPS) is 13.2. The minimum atomic E-state index is 0.00391. The molecule has 0 saturated heterocycles. The Morgan fingerprint density at radius 3 is 1.67 bits per heavy atom. The van der Waals surface area contributed by atoms with Gasteiger partial charge in [0.15, 0.2) is 5.65 Å². The van der Waals surface area contributed by atoms with Gasteiger partial charge in [0.05, 0.1) is 21.4 Å². The first-order chi connectivity index (χ1) is 33.9. The summed E-state index contributed by atoms with van der Waals surface area (Å²) in [7, 11) is 0. The maximum Gasteiger partial charge on any atom is 0.156 e. The Balaban J connectivity index is 0.838. The summed E-state index contributed by atoms with van der Waals surface area (Å²) in [4.78, 5) is 5.49. The van der Waals surface area contributed by atoms with Crippen molar-refractivity contribution in [2.45, 2.75) is 19.3 Å². The fourth-order valence-electron chi connectivity index (χ4n) is 11.8. The fraction of sp³-hybridized carbons (Fsp3) is 0.0455. The van der Waals surface area contributed by atoms with Crippen LogP contribution in [0.4, 0.5) is 0 Å². The Hall–Kier alpha value is -8.37. The first-order valence-corrected chi connectivity index (χ1v) is 24.7. The molecule has 3 aromatic heterocycles. The Morgan fingerprint density at radius 1 is 0.362 bits per heavy atom. The summed E-state index contributed by atoms with van der Waals surface area (Å²) in [5.74, 6) is 0. The van der Waals surface area contributed by atoms with Crippen LogP contribution in [-0.2, 0) is 5.41 Å². The quantitative estimate of drug-likeness (QED) is 0.161. The molecule has 322 valence electrons. The zero-order chi connectivity index (χ0) is 45.5. The second kappa shape index (κ2) is 14.3. The van der Waals surface area contributed by atoms with Crippen LogP contribution in [-0.4, -0.2) is 9.38 Å². The van der Waals surface area contributed by atoms with E-state index >= 15 is 0 Å². The van der Waals surface area contributed by atoms with Gasteiger partial charge in [0.2, 0.25) is 0 Å². The van der Waals surface area contributed by atoms with Gasteiger partial charge in [-0.2, -0.15) is 0 Å². The van der Waals surface area contributed by atoms with Crippen LogP contribution in [0.25, 0.3) is 136 Å². The number of fused-ring (bicyclic) bond motifs is 15. The van der Waals surface area contributed by atoms with Crippen LogP contribution in [0.1, 0.15) is 25.0 Å². The number of aromatic nitrogens is 2. The molecule has 0 saturated carbocycles. The molecular formula is C66H42N2S. The molecule has 2 nitrogen and oxygen atoms in total. The number of thiophene rings is 1. The monoisotopic (exact) mass is 894 g/mol. The zero-order valence-corrected chi connectivity index (χ0v) is 38.9. The van der Waals surface area contributed by atoms with Gasteiger partial charge in [0, 0.05) is 20.9 Å². The second-order valence-corrected chi connectivity index (χ2v) is 20.5. The number of pyridine rings is 1. The minimum Gasteiger partial charge on any atom is -0.291 e. The number of hydrogen-bond acceptors (Lipinski definition) is 2. The topological polar surface area (TPSA) is 17.3 Å². The molecule has 0 aliphatic heterocycles. The highest BCUT2D eigenvalue weighted by Crippen LogP contribution is 2.50. The van der Waals surface area contributed by atoms with Crippen molar-refractivity contribution in [1.29, 1.82) is 0 Å². The van der Waals surface area contributed by atoms with Crippen molar-refractivity contribution in [3.8, 4) is 55.8 Å². The average molecular weight is 895 g/mol. The third-order valence-electron chi connectivity index (χ3n) is 15.3. The van der Waals surface area contributed by atoms with E-state index in [1.807, 2.05) is 11.3 Å². The first kappa shape index (κ1) is 38.7. The molecule has 3 heteroatoms. The highest BCUT2D eigenvalue weighted by Gasteiger charge is 2.35. The summed E-state index contributed by atoms with van der Waals surface area (Å²) in [6, 6.07) is 81.4. The molecular weight excluding hydrogens is 853 g/mol. The van der Waals surface area contributed by atoms with Gasteiger partial charge in [-0.25, -0.2) is 4.98 Å². The molecule has 0 N–H and O–H groups in total. The molecule has 0 amide bonds. The van der Waals surface area contributed by atoms with Gasteiger partial charge in [-0.3, -0.25) is 4.40 Å². The van der Waals surface area contributed by atoms with Crippen LogP contribution >= 0.6 is 11.3 Å². The average Bonchev–Trinajstić information content (AvgIpc) is 4.04. The van der Waals surface area contributed by atoms with Crippen LogP contribution in [0.5, 0.6) is 0 Å². The molecule has 1 aliphatic carbocycles. The highest BCUT2D eigenvalue weighted by atomic mass is 32.1. The molecule has 1 aliphatic rings. The molecule has 3 heterocycles. The van der Waals surface area contributed by atoms with Crippen molar-refractivity contribution in [2.75, 3.05) is 0 Å². The van der Waals surface area contributed by atoms with Crippen LogP contribution in [0.3, 0.4) is 0 Å². The molecule has 0 fully saturated rings. The van der Waals surface area contributed by atoms with Gasteiger partial charge >= 0.3 is 0 Å². The van der Waals surface area contributed by atoms with Crippen LogP contribution in [0.2, 0.25) is 0 Å². The molecule has 0 radical (unpaired) electrons. The summed E-state index contributed by atoms with van der Waals surface area (Å²) in [5, 5.41) is 12.5. The Labute approximate surface area is 403 Å². The van der Waals surface area contributed by atoms with Crippen molar-refractivity contribution in [3.05, 3.63) is 230 Å². The van der Waals surface area contributed by atoms with Crippen molar-refractivity contribution in [1.82, 2.24) is 9.38 Å². The lowest BCUT2D eigenvalue weighted by atomic mass is 9.82. The van der Waals surface area contributed by atoms with E-state index in [-0.39, 0.29) is 5.41 Å². The number of benzene rings is 11. The summed E-state index contributed by atoms with van der Waals surface area (Å²) < 4.78 is 4.94. The Kier molecular flexibility index (Phi) is 8.03. The number of imidazole rings is 1. The maximum atomic E-state index is 5.49. The number of hydrogen-bond donors (Lipinski definition) is 0. The van der Waals surface area contributed by atoms with Crippen molar-refractivity contribution < 1.29 is 0 Å². The standard InChI is InChI=1S/C66H42N2S/c1-66(2)58-18-10-9-17-54(58)56-35-46(28-32-59(56)66)39-19-21-41(22-20-39)49-30-31-50(53-16-8-7-15-52(49)53)42-23-25-43(26-24-42)61-38-57-55-29-27-40-11-5-6-14-51(40)63(55)69-64(57)65-67-60-36-47-33-44-12-3-4-13-45(44)34-48(47)37-62(60)68(61)65/h3-38H,1-2H3. The molecule has 0 bridgehead atoms. The summed E-state index contributed by atoms with van der Waals surface area (Å²) in [6.45, 7) is 4.68. The Bertz CT molecular complexity index is 4490. The van der Waals surface area contributed by atoms with Crippen LogP contribution in [0.15, 0.2) is 218 Å². The molecule has 14 aromatic rings. The minimum absolute atomic E-state index is 0.00391. The van der Waals surface area contributed by atoms with Gasteiger partial charge in [-0.1, -0.05) is 196 Å². The van der Waals surface area contributed by atoms with Crippen molar-refractivity contribution in [3.63, 3.8) is 0 Å². The Morgan fingerprint density at radius 2 is 0.942 bits per heavy atom. The second-order valence-electron chi connectivity index (χ2n) is 19.5. The molecule has 0 unspecified atom stereocenters. The lowest BCUT2D eigenvalue weighted by Gasteiger charge is -2.21. The largest absolute Gasteiger partial charge is 0.291 e. The molecule has 0 spiro atoms. The van der Waals surface area contributed by atoms with E-state index in [1.54, 1.807) is 0 Å². The lowest BCUT2D eigenvalue weighted by molar-refractivity contribution is 0.660. The van der Waals surface area contributed by atoms with E-state index in [0.717, 1.165) is 27.9 Å². The van der Waals surface area contributed by atoms with E-state index in [2.05, 4.69) is 237 Å². The van der Waals surface area contributed by atoms with E-state index in [4.69, 9.17) is 4.98 Å². The first-order valence-electron chi connectivity index (χ1n) is 23.9. The van der Waals surface area contributed by atoms with E-state index in [0.29, 0.717) is 0 Å². The van der Waals surface area contributed by atoms with Gasteiger partial charge in [0.1, 0.15) is 0 Å². The smallest absolute Gasteiger partial charge is 0.156 e. The lowest BCUT2D eigenvalue weighted by Crippen LogP contribution is -2.14. The van der Waals surface area contributed by atoms with E-state index in [1.165, 1.54) is 119 Å². The third-order valence-corrected chi connectivity index (χ3v) is 16.6. The van der Waals surface area contributed by atoms with Gasteiger partial charge in [-0.15, -0.1) is 11.3 Å². The highest BCUT2D eigenvalue weighted by molar-refractivity contribution is 7.27. The number of rotatable bonds is 4. The molecule has 69 heavy (non-hydrogen) atoms. The predicted molar refractivity (Wildman–Crippen MR) is 295 cm³/mol. The van der Waals surface area contributed by atoms with E-state index < -0.39 is 0 Å². The van der Waals surface area contributed by atoms with Gasteiger partial charge < -0.3 is 0 Å². The zero-order valence-electron chi connectivity index (χ0n) is 38.1. The maximum absolute atomic E-state index is 5.49. The van der Waals surface area contributed by atoms with Crippen LogP contribution in [0, 0.1) is 0 Å². The number of nitrogens with zero attached hydrogens (tertiary/aromatic N) is 2. The molecule has 15 rings (SSSR count). The summed E-state index contributed by atoms with van der Waals surface area (Å²) >= 11 is 1.86. The van der Waals surface area contributed by atoms with E-state index in [9.17, 15) is 0 Å². The van der Waals surface area contributed by atoms with Gasteiger partial charge in [0.25, 0.3) is 0 Å². The SMILES string of the molecule is CC1(C)c2ccccc2-c2cc(-c3ccc(-c4ccc(-c5ccc(-c6cc7c8ccc9ccccc9c8sc7c7nc8cc9cc%10ccccc%10cc9cc8n67)cc5)c5ccccc45)cc3)ccc21.